The van der Waals surface area contributed by atoms with Gasteiger partial charge in [0.05, 0.1) is 6.54 Å². The normalized spacial score (nSPS) is 25.1. The SMILES string of the molecule is C#CCNC1CC(c2ccccc2)C1. The summed E-state index contributed by atoms with van der Waals surface area (Å²) >= 11 is 0. The quantitative estimate of drug-likeness (QED) is 0.711. The molecule has 1 aromatic rings. The molecule has 0 heterocycles. The Morgan fingerprint density at radius 1 is 1.29 bits per heavy atom. The second-order valence-corrected chi connectivity index (χ2v) is 3.86. The molecule has 1 saturated carbocycles. The van der Waals surface area contributed by atoms with Gasteiger partial charge in [-0.1, -0.05) is 36.3 Å². The zero-order valence-electron chi connectivity index (χ0n) is 8.24. The van der Waals surface area contributed by atoms with Gasteiger partial charge in [-0.2, -0.15) is 0 Å². The summed E-state index contributed by atoms with van der Waals surface area (Å²) in [5.41, 5.74) is 1.46. The third-order valence-corrected chi connectivity index (χ3v) is 2.90. The Bertz CT molecular complexity index is 317. The van der Waals surface area contributed by atoms with Crippen LogP contribution in [-0.2, 0) is 0 Å². The highest BCUT2D eigenvalue weighted by atomic mass is 14.9. The summed E-state index contributed by atoms with van der Waals surface area (Å²) in [5, 5.41) is 3.33. The van der Waals surface area contributed by atoms with Gasteiger partial charge in [-0.25, -0.2) is 0 Å². The molecule has 0 saturated heterocycles. The second kappa shape index (κ2) is 4.30. The monoisotopic (exact) mass is 185 g/mol. The molecule has 1 aliphatic carbocycles. The van der Waals surface area contributed by atoms with Gasteiger partial charge in [0.15, 0.2) is 0 Å². The van der Waals surface area contributed by atoms with E-state index in [0.29, 0.717) is 12.6 Å². The molecule has 14 heavy (non-hydrogen) atoms. The Kier molecular flexibility index (Phi) is 2.86. The first-order valence-corrected chi connectivity index (χ1v) is 5.12. The summed E-state index contributed by atoms with van der Waals surface area (Å²) in [7, 11) is 0. The highest BCUT2D eigenvalue weighted by Crippen LogP contribution is 2.36. The van der Waals surface area contributed by atoms with Crippen LogP contribution in [0.25, 0.3) is 0 Å². The summed E-state index contributed by atoms with van der Waals surface area (Å²) in [6.45, 7) is 0.701. The molecule has 0 radical (unpaired) electrons. The lowest BCUT2D eigenvalue weighted by Crippen LogP contribution is -2.40. The van der Waals surface area contributed by atoms with E-state index in [1.54, 1.807) is 0 Å². The Labute approximate surface area is 85.5 Å². The topological polar surface area (TPSA) is 12.0 Å². The van der Waals surface area contributed by atoms with Crippen LogP contribution in [0, 0.1) is 12.3 Å². The lowest BCUT2D eigenvalue weighted by molar-refractivity contribution is 0.301. The van der Waals surface area contributed by atoms with Crippen molar-refractivity contribution >= 4 is 0 Å². The van der Waals surface area contributed by atoms with Crippen LogP contribution in [0.5, 0.6) is 0 Å². The van der Waals surface area contributed by atoms with Crippen LogP contribution in [0.1, 0.15) is 24.3 Å². The fraction of sp³-hybridized carbons (Fsp3) is 0.385. The lowest BCUT2D eigenvalue weighted by atomic mass is 9.76. The van der Waals surface area contributed by atoms with Gasteiger partial charge in [0, 0.05) is 6.04 Å². The minimum absolute atomic E-state index is 0.635. The predicted octanol–water partition coefficient (Wildman–Crippen LogP) is 2.16. The average molecular weight is 185 g/mol. The molecule has 0 spiro atoms. The van der Waals surface area contributed by atoms with E-state index in [1.807, 2.05) is 0 Å². The van der Waals surface area contributed by atoms with Gasteiger partial charge >= 0.3 is 0 Å². The Morgan fingerprint density at radius 2 is 2.00 bits per heavy atom. The van der Waals surface area contributed by atoms with Gasteiger partial charge < -0.3 is 5.32 Å². The molecule has 1 heteroatoms. The number of rotatable bonds is 3. The first-order chi connectivity index (χ1) is 6.90. The molecule has 1 aromatic carbocycles. The molecular weight excluding hydrogens is 170 g/mol. The maximum Gasteiger partial charge on any atom is 0.0575 e. The molecule has 2 rings (SSSR count). The number of benzene rings is 1. The molecule has 1 aliphatic rings. The van der Waals surface area contributed by atoms with E-state index in [9.17, 15) is 0 Å². The summed E-state index contributed by atoms with van der Waals surface area (Å²) in [4.78, 5) is 0. The van der Waals surface area contributed by atoms with E-state index in [-0.39, 0.29) is 0 Å². The molecule has 0 unspecified atom stereocenters. The summed E-state index contributed by atoms with van der Waals surface area (Å²) in [6.07, 6.45) is 7.64. The maximum absolute atomic E-state index is 5.19. The molecule has 1 nitrogen and oxygen atoms in total. The summed E-state index contributed by atoms with van der Waals surface area (Å²) in [5.74, 6) is 3.35. The molecule has 0 atom stereocenters. The third kappa shape index (κ3) is 1.97. The molecule has 0 amide bonds. The van der Waals surface area contributed by atoms with Gasteiger partial charge in [0.1, 0.15) is 0 Å². The molecule has 72 valence electrons. The summed E-state index contributed by atoms with van der Waals surface area (Å²) < 4.78 is 0. The van der Waals surface area contributed by atoms with Crippen LogP contribution in [0.4, 0.5) is 0 Å². The van der Waals surface area contributed by atoms with Crippen molar-refractivity contribution in [1.29, 1.82) is 0 Å². The van der Waals surface area contributed by atoms with Crippen LogP contribution in [-0.4, -0.2) is 12.6 Å². The highest BCUT2D eigenvalue weighted by Gasteiger charge is 2.29. The van der Waals surface area contributed by atoms with Gasteiger partial charge in [0.25, 0.3) is 0 Å². The smallest absolute Gasteiger partial charge is 0.0575 e. The second-order valence-electron chi connectivity index (χ2n) is 3.86. The zero-order valence-corrected chi connectivity index (χ0v) is 8.24. The number of nitrogens with one attached hydrogen (secondary N) is 1. The van der Waals surface area contributed by atoms with Crippen molar-refractivity contribution in [3.63, 3.8) is 0 Å². The molecule has 0 aromatic heterocycles. The lowest BCUT2D eigenvalue weighted by Gasteiger charge is -2.36. The largest absolute Gasteiger partial charge is 0.303 e. The van der Waals surface area contributed by atoms with Gasteiger partial charge in [-0.3, -0.25) is 0 Å². The zero-order chi connectivity index (χ0) is 9.80. The third-order valence-electron chi connectivity index (χ3n) is 2.90. The van der Waals surface area contributed by atoms with E-state index >= 15 is 0 Å². The van der Waals surface area contributed by atoms with Gasteiger partial charge in [0.2, 0.25) is 0 Å². The molecule has 0 aliphatic heterocycles. The average Bonchev–Trinajstić information content (AvgIpc) is 2.17. The van der Waals surface area contributed by atoms with Crippen LogP contribution < -0.4 is 5.32 Å². The van der Waals surface area contributed by atoms with E-state index in [2.05, 4.69) is 41.6 Å². The molecule has 1 fully saturated rings. The molecular formula is C13H15N. The number of hydrogen-bond donors (Lipinski definition) is 1. The first kappa shape index (κ1) is 9.30. The van der Waals surface area contributed by atoms with E-state index in [1.165, 1.54) is 18.4 Å². The van der Waals surface area contributed by atoms with E-state index < -0.39 is 0 Å². The maximum atomic E-state index is 5.19. The van der Waals surface area contributed by atoms with Crippen molar-refractivity contribution in [2.45, 2.75) is 24.8 Å². The highest BCUT2D eigenvalue weighted by molar-refractivity contribution is 5.22. The minimum atomic E-state index is 0.635. The van der Waals surface area contributed by atoms with E-state index in [0.717, 1.165) is 5.92 Å². The van der Waals surface area contributed by atoms with Crippen LogP contribution in [0.3, 0.4) is 0 Å². The van der Waals surface area contributed by atoms with Crippen LogP contribution in [0.2, 0.25) is 0 Å². The van der Waals surface area contributed by atoms with E-state index in [4.69, 9.17) is 6.42 Å². The number of terminal acetylenes is 1. The van der Waals surface area contributed by atoms with Crippen molar-refractivity contribution in [3.8, 4) is 12.3 Å². The Morgan fingerprint density at radius 3 is 2.64 bits per heavy atom. The van der Waals surface area contributed by atoms with Crippen molar-refractivity contribution < 1.29 is 0 Å². The Balaban J connectivity index is 1.81. The fourth-order valence-corrected chi connectivity index (χ4v) is 1.99. The van der Waals surface area contributed by atoms with Gasteiger partial charge in [-0.15, -0.1) is 6.42 Å². The summed E-state index contributed by atoms with van der Waals surface area (Å²) in [6, 6.07) is 11.3. The van der Waals surface area contributed by atoms with Crippen LogP contribution >= 0.6 is 0 Å². The number of hydrogen-bond acceptors (Lipinski definition) is 1. The first-order valence-electron chi connectivity index (χ1n) is 5.12. The fourth-order valence-electron chi connectivity index (χ4n) is 1.99. The standard InChI is InChI=1S/C13H15N/c1-2-8-14-13-9-12(10-13)11-6-4-3-5-7-11/h1,3-7,12-14H,8-10H2. The predicted molar refractivity (Wildman–Crippen MR) is 59.0 cm³/mol. The molecule has 0 bridgehead atoms. The van der Waals surface area contributed by atoms with Crippen molar-refractivity contribution in [3.05, 3.63) is 35.9 Å². The van der Waals surface area contributed by atoms with Crippen molar-refractivity contribution in [2.24, 2.45) is 0 Å². The molecule has 1 N–H and O–H groups in total. The van der Waals surface area contributed by atoms with Crippen molar-refractivity contribution in [1.82, 2.24) is 5.32 Å². The van der Waals surface area contributed by atoms with Crippen molar-refractivity contribution in [2.75, 3.05) is 6.54 Å². The van der Waals surface area contributed by atoms with Gasteiger partial charge in [-0.05, 0) is 24.3 Å². The Hall–Kier alpha value is -1.26. The van der Waals surface area contributed by atoms with Crippen LogP contribution in [0.15, 0.2) is 30.3 Å². The minimum Gasteiger partial charge on any atom is -0.303 e.